The summed E-state index contributed by atoms with van der Waals surface area (Å²) in [5.74, 6) is 0. The second-order valence-electron chi connectivity index (χ2n) is 3.57. The van der Waals surface area contributed by atoms with E-state index in [0.717, 1.165) is 19.8 Å². The van der Waals surface area contributed by atoms with Crippen LogP contribution in [-0.2, 0) is 0 Å². The predicted octanol–water partition coefficient (Wildman–Crippen LogP) is 5.63. The molecular formula is C13H10Cl2S3. The highest BCUT2D eigenvalue weighted by Crippen LogP contribution is 2.47. The van der Waals surface area contributed by atoms with E-state index in [4.69, 9.17) is 35.4 Å². The number of thiol groups is 2. The SMILES string of the molecule is S=C(S)[SH](c1ccc(Cl)cc1)c1ccc(Cl)cc1. The third-order valence-corrected chi connectivity index (χ3v) is 6.02. The molecule has 5 heteroatoms. The molecule has 18 heavy (non-hydrogen) atoms. The molecule has 0 aliphatic rings. The van der Waals surface area contributed by atoms with Crippen LogP contribution in [0.1, 0.15) is 0 Å². The van der Waals surface area contributed by atoms with Crippen molar-refractivity contribution < 1.29 is 0 Å². The Morgan fingerprint density at radius 3 is 1.44 bits per heavy atom. The molecule has 0 nitrogen and oxygen atoms in total. The second kappa shape index (κ2) is 6.31. The summed E-state index contributed by atoms with van der Waals surface area (Å²) in [6.07, 6.45) is 0. The lowest BCUT2D eigenvalue weighted by Gasteiger charge is -2.20. The second-order valence-corrected chi connectivity index (χ2v) is 8.41. The number of rotatable bonds is 2. The summed E-state index contributed by atoms with van der Waals surface area (Å²) in [5, 5.41) is 1.43. The lowest BCUT2D eigenvalue weighted by molar-refractivity contribution is 1.40. The van der Waals surface area contributed by atoms with Crippen molar-refractivity contribution in [3.8, 4) is 0 Å². The molecule has 0 bridgehead atoms. The highest BCUT2D eigenvalue weighted by Gasteiger charge is 2.12. The molecule has 0 N–H and O–H groups in total. The summed E-state index contributed by atoms with van der Waals surface area (Å²) >= 11 is 21.4. The Morgan fingerprint density at radius 1 is 0.833 bits per heavy atom. The van der Waals surface area contributed by atoms with Gasteiger partial charge in [0, 0.05) is 10.0 Å². The number of hydrogen-bond donors (Lipinski definition) is 2. The van der Waals surface area contributed by atoms with Crippen LogP contribution in [0.3, 0.4) is 0 Å². The van der Waals surface area contributed by atoms with Crippen molar-refractivity contribution in [1.82, 2.24) is 0 Å². The van der Waals surface area contributed by atoms with Crippen molar-refractivity contribution in [2.45, 2.75) is 9.79 Å². The summed E-state index contributed by atoms with van der Waals surface area (Å²) in [4.78, 5) is 2.27. The molecule has 2 rings (SSSR count). The van der Waals surface area contributed by atoms with E-state index in [2.05, 4.69) is 12.6 Å². The Bertz CT molecular complexity index is 504. The lowest BCUT2D eigenvalue weighted by atomic mass is 10.4. The molecule has 0 heterocycles. The Hall–Kier alpha value is -0.190. The first-order valence-electron chi connectivity index (χ1n) is 5.12. The maximum atomic E-state index is 5.90. The smallest absolute Gasteiger partial charge is 0.0891 e. The molecule has 0 saturated heterocycles. The topological polar surface area (TPSA) is 0 Å². The van der Waals surface area contributed by atoms with Crippen LogP contribution in [0.4, 0.5) is 0 Å². The molecule has 0 spiro atoms. The van der Waals surface area contributed by atoms with E-state index in [1.54, 1.807) is 0 Å². The summed E-state index contributed by atoms with van der Waals surface area (Å²) < 4.78 is 0.689. The van der Waals surface area contributed by atoms with Crippen LogP contribution in [0.5, 0.6) is 0 Å². The number of halogens is 2. The van der Waals surface area contributed by atoms with Crippen LogP contribution >= 0.6 is 58.9 Å². The fourth-order valence-electron chi connectivity index (χ4n) is 1.55. The molecule has 0 atom stereocenters. The first kappa shape index (κ1) is 14.2. The van der Waals surface area contributed by atoms with Crippen LogP contribution < -0.4 is 0 Å². The Labute approximate surface area is 130 Å². The molecule has 0 aromatic heterocycles. The van der Waals surface area contributed by atoms with Gasteiger partial charge in [-0.05, 0) is 58.3 Å². The van der Waals surface area contributed by atoms with Gasteiger partial charge in [-0.25, -0.2) is 0 Å². The molecule has 94 valence electrons. The minimum atomic E-state index is -0.756. The minimum Gasteiger partial charge on any atom is -0.157 e. The van der Waals surface area contributed by atoms with Gasteiger partial charge >= 0.3 is 0 Å². The van der Waals surface area contributed by atoms with E-state index >= 15 is 0 Å². The van der Waals surface area contributed by atoms with Crippen molar-refractivity contribution in [3.63, 3.8) is 0 Å². The van der Waals surface area contributed by atoms with Gasteiger partial charge in [0.25, 0.3) is 0 Å². The molecular weight excluding hydrogens is 323 g/mol. The number of thiocarbonyl (C=S) groups is 1. The third kappa shape index (κ3) is 3.43. The maximum Gasteiger partial charge on any atom is 0.0891 e. The summed E-state index contributed by atoms with van der Waals surface area (Å²) in [7, 11) is -0.756. The van der Waals surface area contributed by atoms with Crippen molar-refractivity contribution in [2.24, 2.45) is 0 Å². The van der Waals surface area contributed by atoms with Gasteiger partial charge in [-0.15, -0.1) is 12.6 Å². The highest BCUT2D eigenvalue weighted by atomic mass is 35.5. The highest BCUT2D eigenvalue weighted by molar-refractivity contribution is 8.50. The monoisotopic (exact) mass is 332 g/mol. The molecule has 0 unspecified atom stereocenters. The van der Waals surface area contributed by atoms with Gasteiger partial charge in [-0.1, -0.05) is 35.4 Å². The first-order chi connectivity index (χ1) is 8.58. The summed E-state index contributed by atoms with van der Waals surface area (Å²) in [6, 6.07) is 15.4. The fraction of sp³-hybridized carbons (Fsp3) is 0. The van der Waals surface area contributed by atoms with Crippen molar-refractivity contribution in [2.75, 3.05) is 0 Å². The Kier molecular flexibility index (Phi) is 4.98. The quantitative estimate of drug-likeness (QED) is 0.531. The molecule has 0 aliphatic carbocycles. The van der Waals surface area contributed by atoms with Gasteiger partial charge in [0.15, 0.2) is 0 Å². The molecule has 0 saturated carbocycles. The molecule has 0 radical (unpaired) electrons. The average Bonchev–Trinajstić information content (AvgIpc) is 2.34. The largest absolute Gasteiger partial charge is 0.157 e. The normalized spacial score (nSPS) is 11.2. The molecule has 2 aromatic rings. The maximum absolute atomic E-state index is 5.90. The van der Waals surface area contributed by atoms with E-state index < -0.39 is 10.9 Å². The van der Waals surface area contributed by atoms with Crippen LogP contribution in [0.25, 0.3) is 0 Å². The number of benzene rings is 2. The third-order valence-electron chi connectivity index (χ3n) is 2.36. The molecule has 0 amide bonds. The van der Waals surface area contributed by atoms with Crippen LogP contribution in [-0.4, -0.2) is 3.53 Å². The van der Waals surface area contributed by atoms with E-state index in [0.29, 0.717) is 3.53 Å². The summed E-state index contributed by atoms with van der Waals surface area (Å²) in [6.45, 7) is 0. The average molecular weight is 333 g/mol. The van der Waals surface area contributed by atoms with Crippen molar-refractivity contribution in [1.29, 1.82) is 0 Å². The molecule has 2 aromatic carbocycles. The van der Waals surface area contributed by atoms with Gasteiger partial charge in [0.2, 0.25) is 0 Å². The van der Waals surface area contributed by atoms with E-state index in [9.17, 15) is 0 Å². The minimum absolute atomic E-state index is 0.689. The van der Waals surface area contributed by atoms with E-state index in [-0.39, 0.29) is 0 Å². The van der Waals surface area contributed by atoms with Crippen molar-refractivity contribution in [3.05, 3.63) is 58.6 Å². The predicted molar refractivity (Wildman–Crippen MR) is 90.0 cm³/mol. The Morgan fingerprint density at radius 2 is 1.17 bits per heavy atom. The van der Waals surface area contributed by atoms with E-state index in [1.807, 2.05) is 48.5 Å². The zero-order chi connectivity index (χ0) is 13.1. The van der Waals surface area contributed by atoms with Gasteiger partial charge in [-0.3, -0.25) is 0 Å². The van der Waals surface area contributed by atoms with Gasteiger partial charge in [-0.2, -0.15) is 10.9 Å². The molecule has 0 aliphatic heterocycles. The van der Waals surface area contributed by atoms with Crippen LogP contribution in [0, 0.1) is 0 Å². The summed E-state index contributed by atoms with van der Waals surface area (Å²) in [5.41, 5.74) is 0. The zero-order valence-corrected chi connectivity index (χ0v) is 13.3. The standard InChI is InChI=1S/C13H10Cl2S3/c14-9-1-5-11(6-2-9)18(13(16)17)12-7-3-10(15)4-8-12/h1-8,18H,(H,16,17). The van der Waals surface area contributed by atoms with Crippen molar-refractivity contribution >= 4 is 62.5 Å². The molecule has 0 fully saturated rings. The first-order valence-corrected chi connectivity index (χ1v) is 8.07. The van der Waals surface area contributed by atoms with Gasteiger partial charge < -0.3 is 0 Å². The lowest BCUT2D eigenvalue weighted by Crippen LogP contribution is -1.91. The van der Waals surface area contributed by atoms with Crippen LogP contribution in [0.2, 0.25) is 10.0 Å². The van der Waals surface area contributed by atoms with Gasteiger partial charge in [0.1, 0.15) is 0 Å². The zero-order valence-electron chi connectivity index (χ0n) is 9.18. The Balaban J connectivity index is 2.43. The van der Waals surface area contributed by atoms with Gasteiger partial charge in [0.05, 0.1) is 3.53 Å². The van der Waals surface area contributed by atoms with Crippen LogP contribution in [0.15, 0.2) is 58.3 Å². The number of hydrogen-bond acceptors (Lipinski definition) is 1. The fourth-order valence-corrected chi connectivity index (χ4v) is 4.76. The van der Waals surface area contributed by atoms with E-state index in [1.165, 1.54) is 0 Å².